The van der Waals surface area contributed by atoms with E-state index in [-0.39, 0.29) is 5.82 Å². The van der Waals surface area contributed by atoms with Crippen molar-refractivity contribution in [1.29, 1.82) is 0 Å². The molecule has 1 heterocycles. The average molecular weight is 281 g/mol. The van der Waals surface area contributed by atoms with E-state index in [0.717, 1.165) is 12.1 Å². The molecule has 0 aromatic heterocycles. The molecule has 2 aromatic rings. The Balaban J connectivity index is 1.82. The highest BCUT2D eigenvalue weighted by molar-refractivity contribution is 5.50. The minimum atomic E-state index is -0.184. The Morgan fingerprint density at radius 2 is 1.90 bits per heavy atom. The fourth-order valence-corrected chi connectivity index (χ4v) is 3.13. The Morgan fingerprint density at radius 3 is 2.67 bits per heavy atom. The monoisotopic (exact) mass is 281 g/mol. The lowest BCUT2D eigenvalue weighted by molar-refractivity contribution is 0.347. The van der Waals surface area contributed by atoms with Gasteiger partial charge in [-0.05, 0) is 43.3 Å². The minimum absolute atomic E-state index is 0.184. The number of nitrogens with zero attached hydrogens (tertiary/aromatic N) is 1. The zero-order valence-electron chi connectivity index (χ0n) is 12.2. The summed E-state index contributed by atoms with van der Waals surface area (Å²) in [5, 5.41) is 0. The van der Waals surface area contributed by atoms with Gasteiger partial charge in [0.2, 0.25) is 0 Å². The number of rotatable bonds is 3. The third kappa shape index (κ3) is 3.22. The molecule has 1 saturated heterocycles. The summed E-state index contributed by atoms with van der Waals surface area (Å²) in [7, 11) is 2.16. The second-order valence-electron chi connectivity index (χ2n) is 5.69. The third-order valence-electron chi connectivity index (χ3n) is 4.28. The lowest BCUT2D eigenvalue weighted by Gasteiger charge is -2.22. The van der Waals surface area contributed by atoms with Crippen LogP contribution in [0.15, 0.2) is 60.7 Å². The topological polar surface area (TPSA) is 3.24 Å². The van der Waals surface area contributed by atoms with Gasteiger partial charge in [-0.25, -0.2) is 4.39 Å². The first-order valence-electron chi connectivity index (χ1n) is 7.43. The van der Waals surface area contributed by atoms with E-state index in [1.54, 1.807) is 12.1 Å². The second kappa shape index (κ2) is 6.23. The van der Waals surface area contributed by atoms with Crippen LogP contribution >= 0.6 is 0 Å². The van der Waals surface area contributed by atoms with Crippen molar-refractivity contribution >= 4 is 6.08 Å². The Bertz CT molecular complexity index is 620. The number of likely N-dealkylation sites (tertiary alicyclic amines) is 1. The molecule has 2 atom stereocenters. The standard InChI is InChI=1S/C19H20FN/c1-21-13-12-18(16-7-3-2-4-8-16)19(21)11-10-15-6-5-9-17(20)14-15/h2-11,14,18-19H,12-13H2,1H3/b11-10+/t18-,19-/m1/s1. The molecule has 0 bridgehead atoms. The molecule has 0 N–H and O–H groups in total. The third-order valence-corrected chi connectivity index (χ3v) is 4.28. The molecule has 108 valence electrons. The normalized spacial score (nSPS) is 23.0. The van der Waals surface area contributed by atoms with Gasteiger partial charge in [0.1, 0.15) is 5.82 Å². The van der Waals surface area contributed by atoms with Crippen LogP contribution in [0.4, 0.5) is 4.39 Å². The number of likely N-dealkylation sites (N-methyl/N-ethyl adjacent to an activating group) is 1. The van der Waals surface area contributed by atoms with Crippen molar-refractivity contribution in [2.75, 3.05) is 13.6 Å². The molecule has 0 amide bonds. The van der Waals surface area contributed by atoms with E-state index >= 15 is 0 Å². The summed E-state index contributed by atoms with van der Waals surface area (Å²) in [5.74, 6) is 0.331. The second-order valence-corrected chi connectivity index (χ2v) is 5.69. The van der Waals surface area contributed by atoms with E-state index in [0.29, 0.717) is 12.0 Å². The summed E-state index contributed by atoms with van der Waals surface area (Å²) in [5.41, 5.74) is 2.30. The first-order chi connectivity index (χ1) is 10.2. The number of hydrogen-bond donors (Lipinski definition) is 0. The summed E-state index contributed by atoms with van der Waals surface area (Å²) in [6.45, 7) is 1.09. The predicted octanol–water partition coefficient (Wildman–Crippen LogP) is 4.33. The zero-order chi connectivity index (χ0) is 14.7. The van der Waals surface area contributed by atoms with Gasteiger partial charge in [-0.1, -0.05) is 54.6 Å². The van der Waals surface area contributed by atoms with Crippen LogP contribution in [0.5, 0.6) is 0 Å². The summed E-state index contributed by atoms with van der Waals surface area (Å²) in [6.07, 6.45) is 5.41. The van der Waals surface area contributed by atoms with Gasteiger partial charge in [-0.3, -0.25) is 4.90 Å². The van der Waals surface area contributed by atoms with Crippen molar-refractivity contribution < 1.29 is 4.39 Å². The zero-order valence-corrected chi connectivity index (χ0v) is 12.2. The van der Waals surface area contributed by atoms with E-state index in [2.05, 4.69) is 48.4 Å². The SMILES string of the molecule is CN1CC[C@H](c2ccccc2)[C@H]1/C=C/c1cccc(F)c1. The molecule has 3 rings (SSSR count). The van der Waals surface area contributed by atoms with E-state index in [9.17, 15) is 4.39 Å². The maximum Gasteiger partial charge on any atom is 0.123 e. The van der Waals surface area contributed by atoms with Gasteiger partial charge in [-0.15, -0.1) is 0 Å². The quantitative estimate of drug-likeness (QED) is 0.809. The first-order valence-corrected chi connectivity index (χ1v) is 7.43. The fraction of sp³-hybridized carbons (Fsp3) is 0.263. The molecule has 1 fully saturated rings. The van der Waals surface area contributed by atoms with E-state index in [4.69, 9.17) is 0 Å². The lowest BCUT2D eigenvalue weighted by atomic mass is 9.91. The van der Waals surface area contributed by atoms with E-state index < -0.39 is 0 Å². The average Bonchev–Trinajstić information content (AvgIpc) is 2.87. The van der Waals surface area contributed by atoms with Crippen molar-refractivity contribution in [2.45, 2.75) is 18.4 Å². The summed E-state index contributed by atoms with van der Waals surface area (Å²) < 4.78 is 13.2. The molecular weight excluding hydrogens is 261 g/mol. The van der Waals surface area contributed by atoms with Crippen LogP contribution in [0.1, 0.15) is 23.5 Å². The maximum atomic E-state index is 13.2. The highest BCUT2D eigenvalue weighted by atomic mass is 19.1. The van der Waals surface area contributed by atoms with E-state index in [1.807, 2.05) is 12.1 Å². The Labute approximate surface area is 125 Å². The van der Waals surface area contributed by atoms with Crippen molar-refractivity contribution in [2.24, 2.45) is 0 Å². The van der Waals surface area contributed by atoms with Crippen LogP contribution in [0.3, 0.4) is 0 Å². The molecule has 0 unspecified atom stereocenters. The maximum absolute atomic E-state index is 13.2. The van der Waals surface area contributed by atoms with Gasteiger partial charge in [0.25, 0.3) is 0 Å². The highest BCUT2D eigenvalue weighted by Crippen LogP contribution is 2.33. The van der Waals surface area contributed by atoms with Crippen LogP contribution in [-0.2, 0) is 0 Å². The predicted molar refractivity (Wildman–Crippen MR) is 85.7 cm³/mol. The van der Waals surface area contributed by atoms with Crippen LogP contribution in [-0.4, -0.2) is 24.5 Å². The molecule has 0 saturated carbocycles. The number of hydrogen-bond acceptors (Lipinski definition) is 1. The molecule has 0 spiro atoms. The fourth-order valence-electron chi connectivity index (χ4n) is 3.13. The van der Waals surface area contributed by atoms with Crippen LogP contribution in [0.25, 0.3) is 6.08 Å². The van der Waals surface area contributed by atoms with E-state index in [1.165, 1.54) is 18.1 Å². The summed E-state index contributed by atoms with van der Waals surface area (Å²) >= 11 is 0. The summed E-state index contributed by atoms with van der Waals surface area (Å²) in [6, 6.07) is 17.8. The number of benzene rings is 2. The molecular formula is C19H20FN. The van der Waals surface area contributed by atoms with Crippen molar-refractivity contribution in [3.05, 3.63) is 77.6 Å². The van der Waals surface area contributed by atoms with Crippen molar-refractivity contribution in [1.82, 2.24) is 4.90 Å². The molecule has 0 radical (unpaired) electrons. The molecule has 2 aromatic carbocycles. The van der Waals surface area contributed by atoms with Gasteiger partial charge in [0.05, 0.1) is 0 Å². The van der Waals surface area contributed by atoms with Gasteiger partial charge < -0.3 is 0 Å². The molecule has 1 aliphatic rings. The summed E-state index contributed by atoms with van der Waals surface area (Å²) in [4.78, 5) is 2.37. The highest BCUT2D eigenvalue weighted by Gasteiger charge is 2.30. The Kier molecular flexibility index (Phi) is 4.16. The number of halogens is 1. The van der Waals surface area contributed by atoms with Crippen LogP contribution in [0, 0.1) is 5.82 Å². The lowest BCUT2D eigenvalue weighted by Crippen LogP contribution is -2.26. The van der Waals surface area contributed by atoms with Crippen molar-refractivity contribution in [3.63, 3.8) is 0 Å². The molecule has 0 aliphatic carbocycles. The van der Waals surface area contributed by atoms with Crippen molar-refractivity contribution in [3.8, 4) is 0 Å². The van der Waals surface area contributed by atoms with Gasteiger partial charge >= 0.3 is 0 Å². The van der Waals surface area contributed by atoms with Crippen LogP contribution < -0.4 is 0 Å². The smallest absolute Gasteiger partial charge is 0.123 e. The van der Waals surface area contributed by atoms with Gasteiger partial charge in [-0.2, -0.15) is 0 Å². The largest absolute Gasteiger partial charge is 0.299 e. The minimum Gasteiger partial charge on any atom is -0.299 e. The van der Waals surface area contributed by atoms with Crippen LogP contribution in [0.2, 0.25) is 0 Å². The van der Waals surface area contributed by atoms with Gasteiger partial charge in [0.15, 0.2) is 0 Å². The first kappa shape index (κ1) is 14.0. The van der Waals surface area contributed by atoms with Gasteiger partial charge in [0, 0.05) is 12.0 Å². The molecule has 21 heavy (non-hydrogen) atoms. The Morgan fingerprint density at radius 1 is 1.10 bits per heavy atom. The Hall–Kier alpha value is -1.93. The molecule has 1 aliphatic heterocycles. The molecule has 1 nitrogen and oxygen atoms in total. The molecule has 2 heteroatoms.